The summed E-state index contributed by atoms with van der Waals surface area (Å²) in [5.74, 6) is -0.652. The third-order valence-corrected chi connectivity index (χ3v) is 2.55. The monoisotopic (exact) mass is 199 g/mol. The number of primary sulfonamides is 1. The smallest absolute Gasteiger partial charge is 0.225 e. The molecule has 0 saturated carbocycles. The number of sulfonamides is 1. The highest BCUT2D eigenvalue weighted by molar-refractivity contribution is 7.89. The first-order valence-corrected chi connectivity index (χ1v) is 5.01. The van der Waals surface area contributed by atoms with Crippen molar-refractivity contribution in [3.8, 4) is 0 Å². The fraction of sp³-hybridized carbons (Fsp3) is 0.143. The second kappa shape index (κ2) is 3.47. The van der Waals surface area contributed by atoms with Crippen molar-refractivity contribution in [2.45, 2.75) is 11.2 Å². The van der Waals surface area contributed by atoms with Gasteiger partial charge in [0.2, 0.25) is 10.0 Å². The van der Waals surface area contributed by atoms with Crippen LogP contribution in [0.3, 0.4) is 0 Å². The van der Waals surface area contributed by atoms with E-state index in [0.717, 1.165) is 12.1 Å². The highest BCUT2D eigenvalue weighted by atomic mass is 32.2. The summed E-state index contributed by atoms with van der Waals surface area (Å²) in [7, 11) is 1.37. The molecule has 0 aliphatic heterocycles. The van der Waals surface area contributed by atoms with Gasteiger partial charge >= 0.3 is 0 Å². The molecule has 0 aliphatic rings. The van der Waals surface area contributed by atoms with Crippen molar-refractivity contribution in [2.24, 2.45) is 5.14 Å². The predicted octanol–water partition coefficient (Wildman–Crippen LogP) is 0.142. The molecule has 0 heterocycles. The quantitative estimate of drug-likeness (QED) is 0.688. The van der Waals surface area contributed by atoms with E-state index in [0.29, 0.717) is 5.56 Å². The molecule has 1 aromatic carbocycles. The molecule has 6 heteroatoms. The van der Waals surface area contributed by atoms with Crippen molar-refractivity contribution < 1.29 is 12.8 Å². The Morgan fingerprint density at radius 2 is 2.08 bits per heavy atom. The Bertz CT molecular complexity index is 419. The average Bonchev–Trinajstić information content (AvgIpc) is 2.03. The Labute approximate surface area is 77.2 Å². The number of hydrogen-bond donors (Lipinski definition) is 1. The zero-order valence-electron chi connectivity index (χ0n) is 6.70. The highest BCUT2D eigenvalue weighted by Crippen LogP contribution is 2.15. The first kappa shape index (κ1) is 10.2. The van der Waals surface area contributed by atoms with Gasteiger partial charge in [-0.15, -0.1) is 0 Å². The van der Waals surface area contributed by atoms with Crippen molar-refractivity contribution in [3.05, 3.63) is 29.6 Å². The molecule has 0 unspecified atom stereocenters. The molecule has 68 valence electrons. The second-order valence-corrected chi connectivity index (χ2v) is 4.03. The number of benzene rings is 1. The van der Waals surface area contributed by atoms with E-state index in [1.807, 2.05) is 0 Å². The van der Waals surface area contributed by atoms with Crippen LogP contribution in [0.15, 0.2) is 23.1 Å². The summed E-state index contributed by atoms with van der Waals surface area (Å²) in [5.41, 5.74) is 0.309. The summed E-state index contributed by atoms with van der Waals surface area (Å²) in [5, 5.41) is 4.85. The molecule has 3 nitrogen and oxygen atoms in total. The Hall–Kier alpha value is -0.875. The number of rotatable bonds is 2. The van der Waals surface area contributed by atoms with Gasteiger partial charge in [-0.3, -0.25) is 0 Å². The molecule has 0 atom stereocenters. The molecule has 0 saturated heterocycles. The lowest BCUT2D eigenvalue weighted by molar-refractivity contribution is 0.591. The summed E-state index contributed by atoms with van der Waals surface area (Å²) >= 11 is 0. The fourth-order valence-electron chi connectivity index (χ4n) is 0.962. The molecule has 0 spiro atoms. The molecule has 0 amide bonds. The molecular formula is C7H7BFNO2S. The average molecular weight is 199 g/mol. The van der Waals surface area contributed by atoms with Crippen LogP contribution in [0.5, 0.6) is 0 Å². The molecule has 1 aromatic rings. The standard InChI is InChI=1S/C7H7BFNO2S/c8-4-5-1-2-6(9)3-7(5)13(10,11)12/h1-3H,4H2,(H2,10,11,12). The van der Waals surface area contributed by atoms with Gasteiger partial charge in [0.1, 0.15) is 5.82 Å². The maximum Gasteiger partial charge on any atom is 0.238 e. The molecular weight excluding hydrogens is 192 g/mol. The van der Waals surface area contributed by atoms with Crippen molar-refractivity contribution >= 4 is 17.9 Å². The van der Waals surface area contributed by atoms with Gasteiger partial charge < -0.3 is 0 Å². The first-order chi connectivity index (χ1) is 5.95. The van der Waals surface area contributed by atoms with Crippen LogP contribution < -0.4 is 5.14 Å². The molecule has 0 bridgehead atoms. The third-order valence-electron chi connectivity index (χ3n) is 1.56. The topological polar surface area (TPSA) is 60.2 Å². The first-order valence-electron chi connectivity index (χ1n) is 3.46. The van der Waals surface area contributed by atoms with Crippen molar-refractivity contribution in [1.82, 2.24) is 0 Å². The van der Waals surface area contributed by atoms with E-state index in [4.69, 9.17) is 13.0 Å². The van der Waals surface area contributed by atoms with Crippen molar-refractivity contribution in [1.29, 1.82) is 0 Å². The van der Waals surface area contributed by atoms with Gasteiger partial charge in [0.15, 0.2) is 0 Å². The van der Waals surface area contributed by atoms with Gasteiger partial charge in [-0.1, -0.05) is 12.4 Å². The van der Waals surface area contributed by atoms with Gasteiger partial charge in [-0.05, 0) is 17.7 Å². The van der Waals surface area contributed by atoms with Crippen LogP contribution in [-0.4, -0.2) is 16.3 Å². The summed E-state index contributed by atoms with van der Waals surface area (Å²) < 4.78 is 34.5. The lowest BCUT2D eigenvalue weighted by Crippen LogP contribution is -2.15. The van der Waals surface area contributed by atoms with Gasteiger partial charge in [0.25, 0.3) is 0 Å². The van der Waals surface area contributed by atoms with E-state index >= 15 is 0 Å². The molecule has 2 radical (unpaired) electrons. The Kier molecular flexibility index (Phi) is 2.73. The molecule has 13 heavy (non-hydrogen) atoms. The minimum Gasteiger partial charge on any atom is -0.225 e. The fourth-order valence-corrected chi connectivity index (χ4v) is 1.76. The zero-order valence-corrected chi connectivity index (χ0v) is 7.51. The molecule has 0 fully saturated rings. The lowest BCUT2D eigenvalue weighted by atomic mass is 9.97. The SMILES string of the molecule is [B]Cc1ccc(F)cc1S(N)(=O)=O. The predicted molar refractivity (Wildman–Crippen MR) is 47.2 cm³/mol. The van der Waals surface area contributed by atoms with Gasteiger partial charge in [-0.2, -0.15) is 0 Å². The van der Waals surface area contributed by atoms with Crippen LogP contribution in [0.25, 0.3) is 0 Å². The third kappa shape index (κ3) is 2.29. The van der Waals surface area contributed by atoms with E-state index < -0.39 is 15.8 Å². The molecule has 1 rings (SSSR count). The van der Waals surface area contributed by atoms with Crippen LogP contribution in [0.2, 0.25) is 0 Å². The largest absolute Gasteiger partial charge is 0.238 e. The molecule has 2 N–H and O–H groups in total. The van der Waals surface area contributed by atoms with Crippen LogP contribution >= 0.6 is 0 Å². The number of nitrogens with two attached hydrogens (primary N) is 1. The summed E-state index contributed by atoms with van der Waals surface area (Å²) in [6, 6.07) is 3.30. The van der Waals surface area contributed by atoms with Gasteiger partial charge in [0, 0.05) is 0 Å². The van der Waals surface area contributed by atoms with Crippen molar-refractivity contribution in [3.63, 3.8) is 0 Å². The normalized spacial score (nSPS) is 11.5. The lowest BCUT2D eigenvalue weighted by Gasteiger charge is -2.04. The van der Waals surface area contributed by atoms with Crippen LogP contribution in [0.1, 0.15) is 5.56 Å². The van der Waals surface area contributed by atoms with E-state index in [1.54, 1.807) is 0 Å². The Morgan fingerprint density at radius 1 is 1.46 bits per heavy atom. The highest BCUT2D eigenvalue weighted by Gasteiger charge is 2.13. The maximum atomic E-state index is 12.7. The van der Waals surface area contributed by atoms with E-state index in [2.05, 4.69) is 0 Å². The summed E-state index contributed by atoms with van der Waals surface area (Å²) in [6.07, 6.45) is 0.00600. The van der Waals surface area contributed by atoms with Crippen LogP contribution in [0.4, 0.5) is 4.39 Å². The molecule has 0 aromatic heterocycles. The van der Waals surface area contributed by atoms with E-state index in [9.17, 15) is 12.8 Å². The number of hydrogen-bond acceptors (Lipinski definition) is 2. The second-order valence-electron chi connectivity index (χ2n) is 2.50. The minimum absolute atomic E-state index is 0.00600. The maximum absolute atomic E-state index is 12.7. The van der Waals surface area contributed by atoms with Crippen LogP contribution in [0, 0.1) is 5.82 Å². The number of halogens is 1. The Balaban J connectivity index is 3.41. The summed E-state index contributed by atoms with van der Waals surface area (Å²) in [6.45, 7) is 0. The Morgan fingerprint density at radius 3 is 2.54 bits per heavy atom. The van der Waals surface area contributed by atoms with Gasteiger partial charge in [-0.25, -0.2) is 17.9 Å². The van der Waals surface area contributed by atoms with Crippen LogP contribution in [-0.2, 0) is 16.3 Å². The summed E-state index contributed by atoms with van der Waals surface area (Å²) in [4.78, 5) is -0.255. The molecule has 0 aliphatic carbocycles. The van der Waals surface area contributed by atoms with Crippen molar-refractivity contribution in [2.75, 3.05) is 0 Å². The van der Waals surface area contributed by atoms with Gasteiger partial charge in [0.05, 0.1) is 12.7 Å². The minimum atomic E-state index is -3.89. The zero-order chi connectivity index (χ0) is 10.1. The van der Waals surface area contributed by atoms with E-state index in [1.165, 1.54) is 6.07 Å². The van der Waals surface area contributed by atoms with E-state index in [-0.39, 0.29) is 11.2 Å².